The number of nitrogens with one attached hydrogen (secondary N) is 4. The van der Waals surface area contributed by atoms with E-state index >= 15 is 0 Å². The van der Waals surface area contributed by atoms with Crippen molar-refractivity contribution in [2.75, 3.05) is 18.1 Å². The van der Waals surface area contributed by atoms with Crippen molar-refractivity contribution in [1.29, 1.82) is 0 Å². The van der Waals surface area contributed by atoms with E-state index in [4.69, 9.17) is 9.47 Å². The lowest BCUT2D eigenvalue weighted by Gasteiger charge is -2.30. The molecule has 2 heterocycles. The van der Waals surface area contributed by atoms with Crippen LogP contribution in [0.15, 0.2) is 36.9 Å². The number of aromatic amines is 1. The van der Waals surface area contributed by atoms with Crippen LogP contribution in [0.2, 0.25) is 0 Å². The minimum atomic E-state index is -0.985. The van der Waals surface area contributed by atoms with Crippen LogP contribution in [0.3, 0.4) is 0 Å². The van der Waals surface area contributed by atoms with E-state index in [0.29, 0.717) is 37.3 Å². The maximum absolute atomic E-state index is 14.0. The van der Waals surface area contributed by atoms with Gasteiger partial charge in [0.05, 0.1) is 6.54 Å². The summed E-state index contributed by atoms with van der Waals surface area (Å²) in [6.07, 6.45) is 1.71. The topological polar surface area (TPSA) is 181 Å². The quantitative estimate of drug-likeness (QED) is 0.224. The van der Waals surface area contributed by atoms with Gasteiger partial charge in [-0.2, -0.15) is 5.21 Å². The fourth-order valence-electron chi connectivity index (χ4n) is 4.13. The average Bonchev–Trinajstić information content (AvgIpc) is 3.56. The van der Waals surface area contributed by atoms with Gasteiger partial charge in [0.1, 0.15) is 24.3 Å². The summed E-state index contributed by atoms with van der Waals surface area (Å²) in [6, 6.07) is 5.41. The van der Waals surface area contributed by atoms with E-state index in [1.165, 1.54) is 11.0 Å². The van der Waals surface area contributed by atoms with Crippen LogP contribution in [0.1, 0.15) is 51.4 Å². The van der Waals surface area contributed by atoms with Crippen molar-refractivity contribution < 1.29 is 28.7 Å². The lowest BCUT2D eigenvalue weighted by molar-refractivity contribution is -0.127. The molecule has 0 fully saturated rings. The largest absolute Gasteiger partial charge is 0.445 e. The highest BCUT2D eigenvalue weighted by molar-refractivity contribution is 6.06. The number of carbonyl (C=O) groups excluding carboxylic acids is 4. The van der Waals surface area contributed by atoms with E-state index in [9.17, 15) is 19.2 Å². The molecule has 1 aromatic heterocycles. The zero-order valence-electron chi connectivity index (χ0n) is 22.9. The Balaban J connectivity index is 1.73. The van der Waals surface area contributed by atoms with Crippen molar-refractivity contribution in [2.24, 2.45) is 0 Å². The molecule has 0 bridgehead atoms. The summed E-state index contributed by atoms with van der Waals surface area (Å²) >= 11 is 0. The number of ether oxygens (including phenoxy) is 2. The molecular formula is C26H36N8O6. The first kappa shape index (κ1) is 30.1. The van der Waals surface area contributed by atoms with Gasteiger partial charge in [0, 0.05) is 18.7 Å². The lowest BCUT2D eigenvalue weighted by atomic mass is 10.1. The van der Waals surface area contributed by atoms with Crippen LogP contribution < -0.4 is 20.9 Å². The monoisotopic (exact) mass is 556 g/mol. The number of rotatable bonds is 12. The van der Waals surface area contributed by atoms with Crippen LogP contribution in [0.4, 0.5) is 15.3 Å². The highest BCUT2D eigenvalue weighted by Crippen LogP contribution is 2.33. The third kappa shape index (κ3) is 8.78. The Hall–Kier alpha value is -4.49. The molecule has 1 aromatic carbocycles. The second kappa shape index (κ2) is 14.1. The fraction of sp³-hybridized carbons (Fsp3) is 0.500. The predicted molar refractivity (Wildman–Crippen MR) is 144 cm³/mol. The van der Waals surface area contributed by atoms with Gasteiger partial charge in [-0.25, -0.2) is 9.59 Å². The van der Waals surface area contributed by atoms with Gasteiger partial charge < -0.3 is 25.4 Å². The van der Waals surface area contributed by atoms with Crippen LogP contribution in [0, 0.1) is 0 Å². The summed E-state index contributed by atoms with van der Waals surface area (Å²) in [6.45, 7) is 9.11. The molecule has 0 spiro atoms. The Bertz CT molecular complexity index is 1180. The third-order valence-corrected chi connectivity index (χ3v) is 5.84. The molecule has 1 aliphatic heterocycles. The van der Waals surface area contributed by atoms with Gasteiger partial charge in [0.2, 0.25) is 11.8 Å². The van der Waals surface area contributed by atoms with Crippen LogP contribution in [0.5, 0.6) is 0 Å². The van der Waals surface area contributed by atoms with Gasteiger partial charge in [-0.1, -0.05) is 36.1 Å². The second-order valence-electron chi connectivity index (χ2n) is 10.1. The SMILES string of the molecule is C=CCOC(=O)NCCCCC(NC(=O)OC(C)(C)C)C(=O)N1c2ccccc2CC1C(=O)NCc1nn[nH]n1. The van der Waals surface area contributed by atoms with Crippen molar-refractivity contribution in [3.8, 4) is 0 Å². The average molecular weight is 557 g/mol. The molecule has 2 unspecified atom stereocenters. The summed E-state index contributed by atoms with van der Waals surface area (Å²) in [4.78, 5) is 53.0. The van der Waals surface area contributed by atoms with E-state index in [-0.39, 0.29) is 19.6 Å². The summed E-state index contributed by atoms with van der Waals surface area (Å²) in [5.74, 6) is -0.547. The third-order valence-electron chi connectivity index (χ3n) is 5.84. The summed E-state index contributed by atoms with van der Waals surface area (Å²) in [5.41, 5.74) is 0.647. The zero-order valence-corrected chi connectivity index (χ0v) is 22.9. The van der Waals surface area contributed by atoms with Crippen molar-refractivity contribution in [3.05, 3.63) is 48.3 Å². The number of para-hydroxylation sites is 1. The number of H-pyrrole nitrogens is 1. The normalized spacial score (nSPS) is 15.0. The van der Waals surface area contributed by atoms with Crippen LogP contribution in [-0.4, -0.2) is 75.5 Å². The van der Waals surface area contributed by atoms with E-state index < -0.39 is 41.7 Å². The Labute approximate surface area is 232 Å². The first-order chi connectivity index (χ1) is 19.1. The second-order valence-corrected chi connectivity index (χ2v) is 10.1. The van der Waals surface area contributed by atoms with Crippen molar-refractivity contribution in [3.63, 3.8) is 0 Å². The molecule has 0 radical (unpaired) electrons. The number of unbranched alkanes of at least 4 members (excludes halogenated alkanes) is 1. The number of tetrazole rings is 1. The van der Waals surface area contributed by atoms with Gasteiger partial charge in [0.15, 0.2) is 5.82 Å². The minimum Gasteiger partial charge on any atom is -0.445 e. The van der Waals surface area contributed by atoms with Crippen LogP contribution in [0.25, 0.3) is 0 Å². The van der Waals surface area contributed by atoms with Gasteiger partial charge in [0.25, 0.3) is 0 Å². The lowest BCUT2D eigenvalue weighted by Crippen LogP contribution is -2.55. The molecule has 14 heteroatoms. The molecule has 0 aliphatic carbocycles. The van der Waals surface area contributed by atoms with E-state index in [1.807, 2.05) is 12.1 Å². The Morgan fingerprint density at radius 2 is 1.95 bits per heavy atom. The number of benzene rings is 1. The fourth-order valence-corrected chi connectivity index (χ4v) is 4.13. The minimum absolute atomic E-state index is 0.0338. The number of alkyl carbamates (subject to hydrolysis) is 2. The number of hydrogen-bond donors (Lipinski definition) is 4. The van der Waals surface area contributed by atoms with Crippen molar-refractivity contribution >= 4 is 29.7 Å². The number of hydrogen-bond acceptors (Lipinski definition) is 9. The highest BCUT2D eigenvalue weighted by Gasteiger charge is 2.41. The van der Waals surface area contributed by atoms with Crippen LogP contribution >= 0.6 is 0 Å². The molecule has 216 valence electrons. The molecular weight excluding hydrogens is 520 g/mol. The number of carbonyl (C=O) groups is 4. The predicted octanol–water partition coefficient (Wildman–Crippen LogP) is 1.75. The first-order valence-electron chi connectivity index (χ1n) is 13.0. The maximum Gasteiger partial charge on any atom is 0.408 e. The highest BCUT2D eigenvalue weighted by atomic mass is 16.6. The molecule has 3 rings (SSSR count). The molecule has 4 amide bonds. The Morgan fingerprint density at radius 1 is 1.18 bits per heavy atom. The number of aromatic nitrogens is 4. The van der Waals surface area contributed by atoms with Gasteiger partial charge in [-0.05, 0) is 51.7 Å². The number of nitrogens with zero attached hydrogens (tertiary/aromatic N) is 4. The first-order valence-corrected chi connectivity index (χ1v) is 13.0. The van der Waals surface area contributed by atoms with Gasteiger partial charge in [-0.15, -0.1) is 10.2 Å². The van der Waals surface area contributed by atoms with E-state index in [0.717, 1.165) is 5.56 Å². The molecule has 1 aliphatic rings. The maximum atomic E-state index is 14.0. The number of fused-ring (bicyclic) bond motifs is 1. The number of anilines is 1. The number of amides is 4. The molecule has 2 atom stereocenters. The van der Waals surface area contributed by atoms with Gasteiger partial charge >= 0.3 is 12.2 Å². The standard InChI is InChI=1S/C26H36N8O6/c1-5-14-39-24(37)27-13-9-8-11-18(29-25(38)40-26(2,3)4)23(36)34-19-12-7-6-10-17(19)15-20(34)22(35)28-16-21-30-32-33-31-21/h5-7,10,12,18,20H,1,8-9,11,13-16H2,2-4H3,(H,27,37)(H,28,35)(H,29,38)(H,30,31,32,33). The molecule has 40 heavy (non-hydrogen) atoms. The van der Waals surface area contributed by atoms with E-state index in [2.05, 4.69) is 43.2 Å². The zero-order chi connectivity index (χ0) is 29.1. The van der Waals surface area contributed by atoms with Crippen molar-refractivity contribution in [2.45, 2.75) is 70.7 Å². The molecule has 2 aromatic rings. The summed E-state index contributed by atoms with van der Waals surface area (Å²) < 4.78 is 10.3. The molecule has 0 saturated heterocycles. The van der Waals surface area contributed by atoms with Gasteiger partial charge in [-0.3, -0.25) is 14.5 Å². The molecule has 4 N–H and O–H groups in total. The van der Waals surface area contributed by atoms with Crippen molar-refractivity contribution in [1.82, 2.24) is 36.6 Å². The van der Waals surface area contributed by atoms with Crippen LogP contribution in [-0.2, 0) is 32.0 Å². The summed E-state index contributed by atoms with van der Waals surface area (Å²) in [5, 5.41) is 21.5. The smallest absolute Gasteiger partial charge is 0.408 e. The van der Waals surface area contributed by atoms with E-state index in [1.54, 1.807) is 32.9 Å². The summed E-state index contributed by atoms with van der Waals surface area (Å²) in [7, 11) is 0. The Kier molecular flexibility index (Phi) is 10.6. The Morgan fingerprint density at radius 3 is 2.65 bits per heavy atom. The molecule has 0 saturated carbocycles. The molecule has 14 nitrogen and oxygen atoms in total.